The van der Waals surface area contributed by atoms with Gasteiger partial charge in [0, 0.05) is 19.6 Å². The molecule has 0 aromatic heterocycles. The summed E-state index contributed by atoms with van der Waals surface area (Å²) in [5.41, 5.74) is 0. The third kappa shape index (κ3) is 5.04. The van der Waals surface area contributed by atoms with Crippen LogP contribution >= 0.6 is 0 Å². The fourth-order valence-corrected chi connectivity index (χ4v) is 2.02. The molecule has 1 rings (SSSR count). The molecule has 1 fully saturated rings. The molecular weight excluding hydrogens is 264 g/mol. The number of aliphatic carboxylic acids is 1. The number of hydrogen-bond donors (Lipinski definition) is 3. The fourth-order valence-electron chi connectivity index (χ4n) is 2.02. The zero-order valence-corrected chi connectivity index (χ0v) is 11.9. The van der Waals surface area contributed by atoms with Crippen molar-refractivity contribution in [1.29, 1.82) is 0 Å². The summed E-state index contributed by atoms with van der Waals surface area (Å²) in [5, 5.41) is 14.1. The second kappa shape index (κ2) is 7.68. The van der Waals surface area contributed by atoms with Gasteiger partial charge in [0.25, 0.3) is 0 Å². The van der Waals surface area contributed by atoms with Crippen molar-refractivity contribution in [3.8, 4) is 0 Å². The van der Waals surface area contributed by atoms with Crippen LogP contribution in [0.25, 0.3) is 0 Å². The SMILES string of the molecule is CN(C)CCCNC(=O)N1CCNC(=O)C1CC(=O)O. The van der Waals surface area contributed by atoms with Crippen molar-refractivity contribution in [2.75, 3.05) is 40.3 Å². The molecule has 0 aromatic rings. The first-order valence-corrected chi connectivity index (χ1v) is 6.60. The molecule has 0 aromatic carbocycles. The Balaban J connectivity index is 2.50. The van der Waals surface area contributed by atoms with Crippen LogP contribution in [0.3, 0.4) is 0 Å². The fraction of sp³-hybridized carbons (Fsp3) is 0.750. The molecule has 1 aliphatic rings. The maximum atomic E-state index is 12.0. The number of rotatable bonds is 6. The lowest BCUT2D eigenvalue weighted by molar-refractivity contribution is -0.142. The molecule has 114 valence electrons. The van der Waals surface area contributed by atoms with Gasteiger partial charge in [-0.15, -0.1) is 0 Å². The van der Waals surface area contributed by atoms with Gasteiger partial charge in [0.05, 0.1) is 6.42 Å². The van der Waals surface area contributed by atoms with Crippen molar-refractivity contribution >= 4 is 17.9 Å². The monoisotopic (exact) mass is 286 g/mol. The quantitative estimate of drug-likeness (QED) is 0.539. The number of amides is 3. The van der Waals surface area contributed by atoms with Crippen molar-refractivity contribution in [3.63, 3.8) is 0 Å². The molecular formula is C12H22N4O4. The van der Waals surface area contributed by atoms with Gasteiger partial charge < -0.3 is 25.5 Å². The van der Waals surface area contributed by atoms with Crippen LogP contribution in [0.1, 0.15) is 12.8 Å². The minimum absolute atomic E-state index is 0.323. The highest BCUT2D eigenvalue weighted by Gasteiger charge is 2.34. The zero-order valence-electron chi connectivity index (χ0n) is 11.9. The predicted molar refractivity (Wildman–Crippen MR) is 72.3 cm³/mol. The number of carbonyl (C=O) groups is 3. The second-order valence-electron chi connectivity index (χ2n) is 4.99. The van der Waals surface area contributed by atoms with Crippen molar-refractivity contribution in [2.24, 2.45) is 0 Å². The lowest BCUT2D eigenvalue weighted by Crippen LogP contribution is -2.60. The van der Waals surface area contributed by atoms with E-state index in [0.717, 1.165) is 13.0 Å². The normalized spacial score (nSPS) is 18.9. The summed E-state index contributed by atoms with van der Waals surface area (Å²) in [7, 11) is 3.89. The van der Waals surface area contributed by atoms with Gasteiger partial charge in [0.2, 0.25) is 5.91 Å². The highest BCUT2D eigenvalue weighted by atomic mass is 16.4. The molecule has 0 bridgehead atoms. The van der Waals surface area contributed by atoms with Crippen LogP contribution in [-0.2, 0) is 9.59 Å². The number of carbonyl (C=O) groups excluding carboxylic acids is 2. The molecule has 0 radical (unpaired) electrons. The topological polar surface area (TPSA) is 102 Å². The molecule has 1 heterocycles. The van der Waals surface area contributed by atoms with Crippen LogP contribution in [-0.4, -0.2) is 79.1 Å². The number of nitrogens with one attached hydrogen (secondary N) is 2. The van der Waals surface area contributed by atoms with Crippen molar-refractivity contribution in [2.45, 2.75) is 18.9 Å². The van der Waals surface area contributed by atoms with Crippen LogP contribution in [0.2, 0.25) is 0 Å². The van der Waals surface area contributed by atoms with Gasteiger partial charge in [0.15, 0.2) is 0 Å². The molecule has 8 nitrogen and oxygen atoms in total. The summed E-state index contributed by atoms with van der Waals surface area (Å²) in [6.07, 6.45) is 0.416. The number of carboxylic acid groups (broad SMARTS) is 1. The van der Waals surface area contributed by atoms with Crippen LogP contribution in [0.15, 0.2) is 0 Å². The maximum Gasteiger partial charge on any atom is 0.318 e. The smallest absolute Gasteiger partial charge is 0.318 e. The van der Waals surface area contributed by atoms with Crippen LogP contribution in [0, 0.1) is 0 Å². The summed E-state index contributed by atoms with van der Waals surface area (Å²) in [6, 6.07) is -1.32. The van der Waals surface area contributed by atoms with E-state index in [0.29, 0.717) is 19.6 Å². The van der Waals surface area contributed by atoms with E-state index in [-0.39, 0.29) is 12.5 Å². The lowest BCUT2D eigenvalue weighted by atomic mass is 10.1. The highest BCUT2D eigenvalue weighted by Crippen LogP contribution is 2.09. The number of nitrogens with zero attached hydrogens (tertiary/aromatic N) is 2. The molecule has 0 spiro atoms. The Labute approximate surface area is 118 Å². The van der Waals surface area contributed by atoms with Gasteiger partial charge in [-0.1, -0.05) is 0 Å². The van der Waals surface area contributed by atoms with E-state index in [4.69, 9.17) is 5.11 Å². The molecule has 0 saturated carbocycles. The standard InChI is InChI=1S/C12H22N4O4/c1-15(2)6-3-4-14-12(20)16-7-5-13-11(19)9(16)8-10(17)18/h9H,3-8H2,1-2H3,(H,13,19)(H,14,20)(H,17,18). The summed E-state index contributed by atoms with van der Waals surface area (Å²) < 4.78 is 0. The third-order valence-corrected chi connectivity index (χ3v) is 3.02. The molecule has 0 aliphatic carbocycles. The lowest BCUT2D eigenvalue weighted by Gasteiger charge is -2.34. The molecule has 1 saturated heterocycles. The molecule has 1 atom stereocenters. The molecule has 3 N–H and O–H groups in total. The van der Waals surface area contributed by atoms with E-state index < -0.39 is 17.9 Å². The van der Waals surface area contributed by atoms with Crippen molar-refractivity contribution in [1.82, 2.24) is 20.4 Å². The average molecular weight is 286 g/mol. The largest absolute Gasteiger partial charge is 0.481 e. The van der Waals surface area contributed by atoms with Crippen molar-refractivity contribution in [3.05, 3.63) is 0 Å². The van der Waals surface area contributed by atoms with Gasteiger partial charge in [-0.2, -0.15) is 0 Å². The van der Waals surface area contributed by atoms with Gasteiger partial charge in [-0.25, -0.2) is 4.79 Å². The van der Waals surface area contributed by atoms with Crippen LogP contribution in [0.4, 0.5) is 4.79 Å². The minimum Gasteiger partial charge on any atom is -0.481 e. The first-order valence-electron chi connectivity index (χ1n) is 6.60. The van der Waals surface area contributed by atoms with E-state index in [1.807, 2.05) is 19.0 Å². The Morgan fingerprint density at radius 2 is 2.20 bits per heavy atom. The van der Waals surface area contributed by atoms with E-state index in [1.165, 1.54) is 4.90 Å². The second-order valence-corrected chi connectivity index (χ2v) is 4.99. The molecule has 8 heteroatoms. The number of carboxylic acids is 1. The summed E-state index contributed by atoms with van der Waals surface area (Å²) in [4.78, 5) is 37.7. The Bertz CT molecular complexity index is 372. The summed E-state index contributed by atoms with van der Waals surface area (Å²) in [6.45, 7) is 2.01. The minimum atomic E-state index is -1.10. The number of urea groups is 1. The van der Waals surface area contributed by atoms with E-state index in [9.17, 15) is 14.4 Å². The molecule has 3 amide bonds. The van der Waals surface area contributed by atoms with Gasteiger partial charge in [-0.05, 0) is 27.1 Å². The van der Waals surface area contributed by atoms with E-state index >= 15 is 0 Å². The first kappa shape index (κ1) is 16.2. The summed E-state index contributed by atoms with van der Waals surface area (Å²) >= 11 is 0. The first-order chi connectivity index (χ1) is 9.41. The number of piperazine rings is 1. The Hall–Kier alpha value is -1.83. The van der Waals surface area contributed by atoms with E-state index in [1.54, 1.807) is 0 Å². The Morgan fingerprint density at radius 3 is 2.80 bits per heavy atom. The van der Waals surface area contributed by atoms with Gasteiger partial charge in [-0.3, -0.25) is 9.59 Å². The Morgan fingerprint density at radius 1 is 1.50 bits per heavy atom. The van der Waals surface area contributed by atoms with Gasteiger partial charge in [0.1, 0.15) is 6.04 Å². The zero-order chi connectivity index (χ0) is 15.1. The van der Waals surface area contributed by atoms with Crippen LogP contribution < -0.4 is 10.6 Å². The van der Waals surface area contributed by atoms with Crippen LogP contribution in [0.5, 0.6) is 0 Å². The Kier molecular flexibility index (Phi) is 6.23. The third-order valence-electron chi connectivity index (χ3n) is 3.02. The molecule has 1 unspecified atom stereocenters. The molecule has 20 heavy (non-hydrogen) atoms. The summed E-state index contributed by atoms with van der Waals surface area (Å²) in [5.74, 6) is -1.51. The van der Waals surface area contributed by atoms with E-state index in [2.05, 4.69) is 10.6 Å². The number of hydrogen-bond acceptors (Lipinski definition) is 4. The van der Waals surface area contributed by atoms with Gasteiger partial charge >= 0.3 is 12.0 Å². The van der Waals surface area contributed by atoms with Crippen molar-refractivity contribution < 1.29 is 19.5 Å². The maximum absolute atomic E-state index is 12.0. The molecule has 1 aliphatic heterocycles. The highest BCUT2D eigenvalue weighted by molar-refractivity contribution is 5.91. The predicted octanol–water partition coefficient (Wildman–Crippen LogP) is -1.08. The average Bonchev–Trinajstić information content (AvgIpc) is 2.36.